The van der Waals surface area contributed by atoms with Gasteiger partial charge in [-0.15, -0.1) is 0 Å². The van der Waals surface area contributed by atoms with E-state index in [1.54, 1.807) is 0 Å². The maximum absolute atomic E-state index is 10.9. The van der Waals surface area contributed by atoms with E-state index in [0.717, 1.165) is 6.42 Å². The highest BCUT2D eigenvalue weighted by atomic mass is 35.5. The number of hydrogen-bond acceptors (Lipinski definition) is 3. The molecule has 0 aliphatic carbocycles. The molecule has 1 saturated heterocycles. The number of aliphatic carboxylic acids is 1. The average molecular weight is 340 g/mol. The van der Waals surface area contributed by atoms with Gasteiger partial charge >= 0.3 is 5.97 Å². The van der Waals surface area contributed by atoms with Crippen molar-refractivity contribution in [3.8, 4) is 5.75 Å². The maximum Gasteiger partial charge on any atom is 0.320 e. The fourth-order valence-corrected chi connectivity index (χ4v) is 3.14. The van der Waals surface area contributed by atoms with Crippen LogP contribution in [0, 0.1) is 0 Å². The van der Waals surface area contributed by atoms with E-state index in [2.05, 4.69) is 18.3 Å². The molecule has 0 amide bonds. The van der Waals surface area contributed by atoms with Crippen molar-refractivity contribution in [3.63, 3.8) is 0 Å². The average Bonchev–Trinajstić information content (AvgIpc) is 2.98. The lowest BCUT2D eigenvalue weighted by Gasteiger charge is -2.14. The van der Waals surface area contributed by atoms with Crippen molar-refractivity contribution in [2.24, 2.45) is 0 Å². The molecule has 0 aromatic heterocycles. The van der Waals surface area contributed by atoms with Crippen LogP contribution in [0.4, 0.5) is 0 Å². The molecule has 0 spiro atoms. The van der Waals surface area contributed by atoms with Gasteiger partial charge in [0.25, 0.3) is 0 Å². The van der Waals surface area contributed by atoms with Crippen molar-refractivity contribution in [1.29, 1.82) is 0 Å². The molecule has 1 heterocycles. The van der Waals surface area contributed by atoms with E-state index in [0.29, 0.717) is 23.7 Å². The lowest BCUT2D eigenvalue weighted by molar-refractivity contribution is -0.139. The number of aryl methyl sites for hydroxylation is 1. The number of nitrogens with one attached hydrogen (secondary N) is 1. The zero-order valence-corrected chi connectivity index (χ0v) is 14.4. The molecule has 0 radical (unpaired) electrons. The first-order chi connectivity index (χ1) is 11.1. The smallest absolute Gasteiger partial charge is 0.320 e. The Hall–Kier alpha value is -1.26. The van der Waals surface area contributed by atoms with Gasteiger partial charge in [-0.1, -0.05) is 50.3 Å². The largest absolute Gasteiger partial charge is 0.487 e. The van der Waals surface area contributed by atoms with Gasteiger partial charge in [0, 0.05) is 13.0 Å². The molecular formula is C18H26ClNO3. The molecule has 1 aliphatic heterocycles. The standard InChI is InChI=1S/C18H26ClNO3/c1-2-3-4-5-6-7-13-8-9-17(15(19)10-13)23-14-11-16(18(21)22)20-12-14/h8-10,14,16,20H,2-7,11-12H2,1H3,(H,21,22)/t14-,16?/m0/s1. The molecule has 1 aromatic rings. The minimum absolute atomic E-state index is 0.145. The summed E-state index contributed by atoms with van der Waals surface area (Å²) >= 11 is 6.31. The van der Waals surface area contributed by atoms with Crippen LogP contribution < -0.4 is 10.1 Å². The summed E-state index contributed by atoms with van der Waals surface area (Å²) in [5.41, 5.74) is 1.23. The summed E-state index contributed by atoms with van der Waals surface area (Å²) in [4.78, 5) is 10.9. The molecule has 2 N–H and O–H groups in total. The summed E-state index contributed by atoms with van der Waals surface area (Å²) in [6, 6.07) is 5.39. The predicted molar refractivity (Wildman–Crippen MR) is 92.4 cm³/mol. The minimum Gasteiger partial charge on any atom is -0.487 e. The van der Waals surface area contributed by atoms with Gasteiger partial charge in [0.05, 0.1) is 5.02 Å². The van der Waals surface area contributed by atoms with Crippen LogP contribution in [0.2, 0.25) is 5.02 Å². The van der Waals surface area contributed by atoms with Gasteiger partial charge in [0.15, 0.2) is 0 Å². The highest BCUT2D eigenvalue weighted by Gasteiger charge is 2.30. The lowest BCUT2D eigenvalue weighted by atomic mass is 10.1. The number of halogens is 1. The molecular weight excluding hydrogens is 314 g/mol. The highest BCUT2D eigenvalue weighted by molar-refractivity contribution is 6.32. The fourth-order valence-electron chi connectivity index (χ4n) is 2.89. The normalized spacial score (nSPS) is 20.6. The molecule has 0 bridgehead atoms. The first-order valence-corrected chi connectivity index (χ1v) is 8.89. The van der Waals surface area contributed by atoms with Crippen molar-refractivity contribution < 1.29 is 14.6 Å². The second-order valence-electron chi connectivity index (χ2n) is 6.20. The molecule has 2 rings (SSSR count). The second-order valence-corrected chi connectivity index (χ2v) is 6.61. The van der Waals surface area contributed by atoms with E-state index < -0.39 is 12.0 Å². The maximum atomic E-state index is 10.9. The lowest BCUT2D eigenvalue weighted by Crippen LogP contribution is -2.30. The first kappa shape index (κ1) is 18.1. The first-order valence-electron chi connectivity index (χ1n) is 8.51. The Morgan fingerprint density at radius 2 is 2.13 bits per heavy atom. The summed E-state index contributed by atoms with van der Waals surface area (Å²) in [5.74, 6) is -0.195. The molecule has 5 heteroatoms. The molecule has 0 saturated carbocycles. The van der Waals surface area contributed by atoms with Crippen molar-refractivity contribution in [2.45, 2.75) is 64.0 Å². The van der Waals surface area contributed by atoms with Gasteiger partial charge in [0.1, 0.15) is 17.9 Å². The van der Waals surface area contributed by atoms with Gasteiger partial charge < -0.3 is 15.2 Å². The van der Waals surface area contributed by atoms with Gasteiger partial charge in [0.2, 0.25) is 0 Å². The van der Waals surface area contributed by atoms with Crippen molar-refractivity contribution in [1.82, 2.24) is 5.32 Å². The van der Waals surface area contributed by atoms with Crippen LogP contribution in [0.25, 0.3) is 0 Å². The number of carboxylic acid groups (broad SMARTS) is 1. The van der Waals surface area contributed by atoms with E-state index in [4.69, 9.17) is 21.4 Å². The van der Waals surface area contributed by atoms with Crippen LogP contribution in [0.5, 0.6) is 5.75 Å². The second kappa shape index (κ2) is 9.14. The molecule has 23 heavy (non-hydrogen) atoms. The van der Waals surface area contributed by atoms with Crippen molar-refractivity contribution >= 4 is 17.6 Å². The van der Waals surface area contributed by atoms with Crippen LogP contribution in [-0.4, -0.2) is 29.8 Å². The minimum atomic E-state index is -0.833. The zero-order valence-electron chi connectivity index (χ0n) is 13.7. The summed E-state index contributed by atoms with van der Waals surface area (Å²) in [6.07, 6.45) is 7.66. The third-order valence-electron chi connectivity index (χ3n) is 4.25. The number of unbranched alkanes of at least 4 members (excludes halogenated alkanes) is 4. The van der Waals surface area contributed by atoms with E-state index in [1.165, 1.54) is 37.7 Å². The third kappa shape index (κ3) is 5.70. The van der Waals surface area contributed by atoms with Gasteiger partial charge in [-0.2, -0.15) is 0 Å². The number of carbonyl (C=O) groups is 1. The van der Waals surface area contributed by atoms with E-state index in [1.807, 2.05) is 12.1 Å². The summed E-state index contributed by atoms with van der Waals surface area (Å²) in [6.45, 7) is 2.75. The van der Waals surface area contributed by atoms with Crippen LogP contribution in [0.1, 0.15) is 51.0 Å². The summed E-state index contributed by atoms with van der Waals surface area (Å²) in [5, 5.41) is 12.5. The predicted octanol–water partition coefficient (Wildman–Crippen LogP) is 4.05. The summed E-state index contributed by atoms with van der Waals surface area (Å²) in [7, 11) is 0. The van der Waals surface area contributed by atoms with Crippen LogP contribution in [0.3, 0.4) is 0 Å². The Bertz CT molecular complexity index is 521. The molecule has 1 aromatic carbocycles. The monoisotopic (exact) mass is 339 g/mol. The van der Waals surface area contributed by atoms with Gasteiger partial charge in [-0.05, 0) is 30.5 Å². The SMILES string of the molecule is CCCCCCCc1ccc(O[C@@H]2CNC(C(=O)O)C2)c(Cl)c1. The van der Waals surface area contributed by atoms with Crippen LogP contribution in [-0.2, 0) is 11.2 Å². The van der Waals surface area contributed by atoms with Gasteiger partial charge in [-0.3, -0.25) is 4.79 Å². The Kier molecular flexibility index (Phi) is 7.18. The Labute approximate surface area is 143 Å². The highest BCUT2D eigenvalue weighted by Crippen LogP contribution is 2.28. The Morgan fingerprint density at radius 3 is 2.78 bits per heavy atom. The topological polar surface area (TPSA) is 58.6 Å². The molecule has 128 valence electrons. The molecule has 4 nitrogen and oxygen atoms in total. The van der Waals surface area contributed by atoms with E-state index in [-0.39, 0.29) is 6.10 Å². The van der Waals surface area contributed by atoms with Crippen molar-refractivity contribution in [3.05, 3.63) is 28.8 Å². The Balaban J connectivity index is 1.81. The number of rotatable bonds is 9. The van der Waals surface area contributed by atoms with Gasteiger partial charge in [-0.25, -0.2) is 0 Å². The number of hydrogen-bond donors (Lipinski definition) is 2. The number of benzene rings is 1. The number of ether oxygens (including phenoxy) is 1. The zero-order chi connectivity index (χ0) is 16.7. The molecule has 1 aliphatic rings. The quantitative estimate of drug-likeness (QED) is 0.666. The molecule has 1 unspecified atom stereocenters. The third-order valence-corrected chi connectivity index (χ3v) is 4.54. The Morgan fingerprint density at radius 1 is 1.35 bits per heavy atom. The summed E-state index contributed by atoms with van der Waals surface area (Å²) < 4.78 is 5.84. The van der Waals surface area contributed by atoms with Crippen molar-refractivity contribution in [2.75, 3.05) is 6.54 Å². The molecule has 2 atom stereocenters. The van der Waals surface area contributed by atoms with E-state index in [9.17, 15) is 4.79 Å². The molecule has 1 fully saturated rings. The van der Waals surface area contributed by atoms with Crippen LogP contribution in [0.15, 0.2) is 18.2 Å². The van der Waals surface area contributed by atoms with E-state index >= 15 is 0 Å². The number of carboxylic acids is 1. The fraction of sp³-hybridized carbons (Fsp3) is 0.611. The van der Waals surface area contributed by atoms with Crippen LogP contribution >= 0.6 is 11.6 Å².